The quantitative estimate of drug-likeness (QED) is 0.740. The summed E-state index contributed by atoms with van der Waals surface area (Å²) in [6, 6.07) is 6.86. The molecular formula is C9H4Cl2N4. The molecule has 0 aliphatic heterocycles. The summed E-state index contributed by atoms with van der Waals surface area (Å²) in [7, 11) is 0. The Hall–Kier alpha value is -1.62. The Bertz CT molecular complexity index is 456. The highest BCUT2D eigenvalue weighted by atomic mass is 35.5. The van der Waals surface area contributed by atoms with Crippen LogP contribution in [-0.4, -0.2) is 6.04 Å². The van der Waals surface area contributed by atoms with E-state index < -0.39 is 6.04 Å². The molecular weight excluding hydrogens is 235 g/mol. The molecule has 0 saturated heterocycles. The van der Waals surface area contributed by atoms with Crippen LogP contribution in [0, 0.1) is 22.7 Å². The number of nitriles is 2. The van der Waals surface area contributed by atoms with Crippen LogP contribution in [0.3, 0.4) is 0 Å². The molecule has 0 amide bonds. The third-order valence-electron chi connectivity index (χ3n) is 1.44. The van der Waals surface area contributed by atoms with E-state index in [1.165, 1.54) is 6.07 Å². The van der Waals surface area contributed by atoms with Gasteiger partial charge in [-0.15, -0.1) is 0 Å². The fraction of sp³-hybridized carbons (Fsp3) is 0.111. The number of hydrogen-bond donors (Lipinski definition) is 0. The summed E-state index contributed by atoms with van der Waals surface area (Å²) in [5.41, 5.74) is 0.372. The smallest absolute Gasteiger partial charge is 0.195 e. The molecule has 0 aliphatic rings. The monoisotopic (exact) mass is 238 g/mol. The molecule has 0 spiro atoms. The molecule has 0 aromatic heterocycles. The van der Waals surface area contributed by atoms with E-state index in [-0.39, 0.29) is 0 Å². The molecule has 0 fully saturated rings. The van der Waals surface area contributed by atoms with E-state index in [1.54, 1.807) is 24.3 Å². The zero-order valence-electron chi connectivity index (χ0n) is 7.35. The van der Waals surface area contributed by atoms with Gasteiger partial charge >= 0.3 is 0 Å². The van der Waals surface area contributed by atoms with E-state index in [2.05, 4.69) is 10.2 Å². The molecule has 0 heterocycles. The summed E-state index contributed by atoms with van der Waals surface area (Å²) in [6.45, 7) is 0. The second kappa shape index (κ2) is 5.31. The number of rotatable bonds is 2. The molecule has 1 aromatic carbocycles. The van der Waals surface area contributed by atoms with Crippen molar-refractivity contribution in [2.75, 3.05) is 0 Å². The van der Waals surface area contributed by atoms with Crippen molar-refractivity contribution in [3.05, 3.63) is 28.2 Å². The molecule has 1 rings (SSSR count). The second-order valence-corrected chi connectivity index (χ2v) is 3.32. The molecule has 0 bridgehead atoms. The number of azo groups is 1. The topological polar surface area (TPSA) is 72.3 Å². The van der Waals surface area contributed by atoms with Gasteiger partial charge in [0.1, 0.15) is 17.8 Å². The summed E-state index contributed by atoms with van der Waals surface area (Å²) in [5.74, 6) is 0. The van der Waals surface area contributed by atoms with Crippen LogP contribution in [0.5, 0.6) is 0 Å². The Kier molecular flexibility index (Phi) is 4.05. The van der Waals surface area contributed by atoms with Gasteiger partial charge in [-0.3, -0.25) is 0 Å². The van der Waals surface area contributed by atoms with Crippen molar-refractivity contribution in [3.8, 4) is 12.1 Å². The van der Waals surface area contributed by atoms with Gasteiger partial charge in [0.05, 0.1) is 5.02 Å². The van der Waals surface area contributed by atoms with Crippen LogP contribution in [0.25, 0.3) is 0 Å². The molecule has 74 valence electrons. The van der Waals surface area contributed by atoms with Crippen LogP contribution >= 0.6 is 23.2 Å². The average Bonchev–Trinajstić information content (AvgIpc) is 2.22. The maximum absolute atomic E-state index is 8.44. The van der Waals surface area contributed by atoms with Gasteiger partial charge in [0.2, 0.25) is 6.04 Å². The van der Waals surface area contributed by atoms with Crippen LogP contribution in [0.1, 0.15) is 0 Å². The lowest BCUT2D eigenvalue weighted by Crippen LogP contribution is -1.92. The molecule has 0 saturated carbocycles. The summed E-state index contributed by atoms with van der Waals surface area (Å²) >= 11 is 11.5. The van der Waals surface area contributed by atoms with Crippen LogP contribution in [-0.2, 0) is 0 Å². The Morgan fingerprint density at radius 3 is 2.40 bits per heavy atom. The zero-order valence-corrected chi connectivity index (χ0v) is 8.87. The minimum absolute atomic E-state index is 0.320. The van der Waals surface area contributed by atoms with Crippen molar-refractivity contribution < 1.29 is 0 Å². The molecule has 1 aromatic rings. The van der Waals surface area contributed by atoms with Crippen molar-refractivity contribution in [1.82, 2.24) is 0 Å². The summed E-state index contributed by atoms with van der Waals surface area (Å²) < 4.78 is 0. The Balaban J connectivity index is 2.92. The molecule has 0 atom stereocenters. The van der Waals surface area contributed by atoms with Crippen LogP contribution in [0.2, 0.25) is 10.0 Å². The normalized spacial score (nSPS) is 10.2. The lowest BCUT2D eigenvalue weighted by atomic mass is 10.3. The van der Waals surface area contributed by atoms with Crippen LogP contribution < -0.4 is 0 Å². The first-order valence-electron chi connectivity index (χ1n) is 3.82. The molecule has 0 unspecified atom stereocenters. The standard InChI is InChI=1S/C9H4Cl2N4/c10-6-1-2-9(8(11)3-6)15-14-7(4-12)5-13/h1-3,7H. The SMILES string of the molecule is N#CC(C#N)N=Nc1ccc(Cl)cc1Cl. The van der Waals surface area contributed by atoms with Gasteiger partial charge in [0.25, 0.3) is 0 Å². The van der Waals surface area contributed by atoms with Gasteiger partial charge in [0.15, 0.2) is 0 Å². The first kappa shape index (κ1) is 11.5. The van der Waals surface area contributed by atoms with Gasteiger partial charge in [-0.05, 0) is 18.2 Å². The molecule has 15 heavy (non-hydrogen) atoms. The average molecular weight is 239 g/mol. The first-order chi connectivity index (χ1) is 7.17. The van der Waals surface area contributed by atoms with E-state index in [1.807, 2.05) is 0 Å². The lowest BCUT2D eigenvalue weighted by molar-refractivity contribution is 0.949. The number of halogens is 2. The van der Waals surface area contributed by atoms with Gasteiger partial charge in [-0.2, -0.15) is 20.8 Å². The van der Waals surface area contributed by atoms with Crippen molar-refractivity contribution in [1.29, 1.82) is 10.5 Å². The number of benzene rings is 1. The maximum Gasteiger partial charge on any atom is 0.242 e. The highest BCUT2D eigenvalue weighted by Gasteiger charge is 2.03. The Morgan fingerprint density at radius 1 is 1.20 bits per heavy atom. The molecule has 0 N–H and O–H groups in total. The van der Waals surface area contributed by atoms with E-state index in [0.29, 0.717) is 15.7 Å². The first-order valence-corrected chi connectivity index (χ1v) is 4.58. The fourth-order valence-corrected chi connectivity index (χ4v) is 1.21. The highest BCUT2D eigenvalue weighted by molar-refractivity contribution is 6.36. The minimum Gasteiger partial charge on any atom is -0.195 e. The third-order valence-corrected chi connectivity index (χ3v) is 1.97. The van der Waals surface area contributed by atoms with E-state index >= 15 is 0 Å². The van der Waals surface area contributed by atoms with Gasteiger partial charge in [-0.25, -0.2) is 0 Å². The van der Waals surface area contributed by atoms with E-state index in [0.717, 1.165) is 0 Å². The van der Waals surface area contributed by atoms with Crippen molar-refractivity contribution in [3.63, 3.8) is 0 Å². The Labute approximate surface area is 96.4 Å². The minimum atomic E-state index is -1.11. The van der Waals surface area contributed by atoms with E-state index in [9.17, 15) is 0 Å². The van der Waals surface area contributed by atoms with E-state index in [4.69, 9.17) is 33.7 Å². The Morgan fingerprint density at radius 2 is 1.87 bits per heavy atom. The molecule has 0 aliphatic carbocycles. The molecule has 4 nitrogen and oxygen atoms in total. The summed E-state index contributed by atoms with van der Waals surface area (Å²) in [5, 5.41) is 24.9. The fourth-order valence-electron chi connectivity index (χ4n) is 0.763. The van der Waals surface area contributed by atoms with Gasteiger partial charge in [-0.1, -0.05) is 23.2 Å². The second-order valence-electron chi connectivity index (χ2n) is 2.47. The third kappa shape index (κ3) is 3.21. The van der Waals surface area contributed by atoms with Crippen molar-refractivity contribution >= 4 is 28.9 Å². The summed E-state index contributed by atoms with van der Waals surface area (Å²) in [6.07, 6.45) is 0. The highest BCUT2D eigenvalue weighted by Crippen LogP contribution is 2.28. The van der Waals surface area contributed by atoms with Crippen LogP contribution in [0.15, 0.2) is 28.4 Å². The zero-order chi connectivity index (χ0) is 11.3. The predicted octanol–water partition coefficient (Wildman–Crippen LogP) is 3.49. The van der Waals surface area contributed by atoms with Crippen molar-refractivity contribution in [2.24, 2.45) is 10.2 Å². The molecule has 0 radical (unpaired) electrons. The van der Waals surface area contributed by atoms with Crippen LogP contribution in [0.4, 0.5) is 5.69 Å². The number of nitrogens with zero attached hydrogens (tertiary/aromatic N) is 4. The maximum atomic E-state index is 8.44. The number of hydrogen-bond acceptors (Lipinski definition) is 4. The molecule has 6 heteroatoms. The lowest BCUT2D eigenvalue weighted by Gasteiger charge is -1.96. The predicted molar refractivity (Wildman–Crippen MR) is 56.0 cm³/mol. The summed E-state index contributed by atoms with van der Waals surface area (Å²) in [4.78, 5) is 0. The van der Waals surface area contributed by atoms with Crippen molar-refractivity contribution in [2.45, 2.75) is 6.04 Å². The van der Waals surface area contributed by atoms with Gasteiger partial charge in [0, 0.05) is 5.02 Å². The van der Waals surface area contributed by atoms with Gasteiger partial charge < -0.3 is 0 Å². The largest absolute Gasteiger partial charge is 0.242 e.